The summed E-state index contributed by atoms with van der Waals surface area (Å²) in [5.41, 5.74) is 0.978. The fourth-order valence-electron chi connectivity index (χ4n) is 1.46. The number of halogens is 2. The lowest BCUT2D eigenvalue weighted by molar-refractivity contribution is 0.304. The van der Waals surface area contributed by atoms with Crippen LogP contribution in [0.4, 0.5) is 4.39 Å². The van der Waals surface area contributed by atoms with Gasteiger partial charge in [-0.25, -0.2) is 4.39 Å². The van der Waals surface area contributed by atoms with Gasteiger partial charge in [-0.2, -0.15) is 0 Å². The molecule has 0 unspecified atom stereocenters. The van der Waals surface area contributed by atoms with Gasteiger partial charge in [0.05, 0.1) is 12.1 Å². The number of benzene rings is 2. The Kier molecular flexibility index (Phi) is 4.05. The van der Waals surface area contributed by atoms with Crippen molar-refractivity contribution in [2.24, 2.45) is 0 Å². The molecule has 94 valence electrons. The molecule has 0 aliphatic rings. The normalized spacial score (nSPS) is 10.2. The lowest BCUT2D eigenvalue weighted by Gasteiger charge is -2.07. The van der Waals surface area contributed by atoms with Crippen molar-refractivity contribution in [3.05, 3.63) is 58.9 Å². The van der Waals surface area contributed by atoms with Gasteiger partial charge in [-0.1, -0.05) is 23.7 Å². The molecule has 0 N–H and O–H groups in total. The van der Waals surface area contributed by atoms with Crippen molar-refractivity contribution in [2.45, 2.75) is 6.61 Å². The predicted octanol–water partition coefficient (Wildman–Crippen LogP) is 4.07. The van der Waals surface area contributed by atoms with Crippen molar-refractivity contribution in [3.63, 3.8) is 0 Å². The molecule has 0 saturated carbocycles. The maximum atomic E-state index is 13.2. The molecule has 0 amide bonds. The quantitative estimate of drug-likeness (QED) is 0.831. The van der Waals surface area contributed by atoms with Gasteiger partial charge in [-0.05, 0) is 29.8 Å². The van der Waals surface area contributed by atoms with Gasteiger partial charge in [-0.15, -0.1) is 0 Å². The van der Waals surface area contributed by atoms with E-state index in [1.54, 1.807) is 13.2 Å². The third kappa shape index (κ3) is 3.14. The van der Waals surface area contributed by atoms with Crippen LogP contribution in [0.2, 0.25) is 5.02 Å². The van der Waals surface area contributed by atoms with Crippen molar-refractivity contribution in [3.8, 4) is 11.5 Å². The third-order valence-electron chi connectivity index (χ3n) is 2.46. The molecule has 2 rings (SSSR count). The van der Waals surface area contributed by atoms with Crippen LogP contribution >= 0.6 is 11.6 Å². The highest BCUT2D eigenvalue weighted by Gasteiger charge is 2.02. The van der Waals surface area contributed by atoms with Crippen LogP contribution < -0.4 is 9.47 Å². The Morgan fingerprint density at radius 2 is 1.72 bits per heavy atom. The van der Waals surface area contributed by atoms with Gasteiger partial charge < -0.3 is 9.47 Å². The molecule has 0 atom stereocenters. The zero-order chi connectivity index (χ0) is 13.0. The Balaban J connectivity index is 1.99. The molecule has 2 aromatic rings. The first-order valence-corrected chi connectivity index (χ1v) is 5.77. The second kappa shape index (κ2) is 5.74. The Morgan fingerprint density at radius 1 is 1.06 bits per heavy atom. The monoisotopic (exact) mass is 266 g/mol. The van der Waals surface area contributed by atoms with Crippen molar-refractivity contribution >= 4 is 11.6 Å². The van der Waals surface area contributed by atoms with Crippen LogP contribution in [-0.4, -0.2) is 7.11 Å². The zero-order valence-corrected chi connectivity index (χ0v) is 10.6. The predicted molar refractivity (Wildman–Crippen MR) is 68.7 cm³/mol. The molecular formula is C14H12ClFO2. The highest BCUT2D eigenvalue weighted by Crippen LogP contribution is 2.21. The Labute approximate surface area is 110 Å². The summed E-state index contributed by atoms with van der Waals surface area (Å²) in [6, 6.07) is 11.9. The summed E-state index contributed by atoms with van der Waals surface area (Å²) in [7, 11) is 1.61. The van der Waals surface area contributed by atoms with Gasteiger partial charge in [0, 0.05) is 6.07 Å². The molecule has 0 heterocycles. The highest BCUT2D eigenvalue weighted by molar-refractivity contribution is 6.30. The van der Waals surface area contributed by atoms with Crippen LogP contribution in [0.5, 0.6) is 11.5 Å². The van der Waals surface area contributed by atoms with Gasteiger partial charge in [0.25, 0.3) is 0 Å². The van der Waals surface area contributed by atoms with Crippen LogP contribution in [0.15, 0.2) is 42.5 Å². The molecule has 0 fully saturated rings. The molecule has 0 radical (unpaired) electrons. The standard InChI is InChI=1S/C14H12ClFO2/c1-17-11-4-2-10(3-5-11)9-18-12-6-7-13(15)14(16)8-12/h2-8H,9H2,1H3. The van der Waals surface area contributed by atoms with E-state index in [4.69, 9.17) is 21.1 Å². The topological polar surface area (TPSA) is 18.5 Å². The fraction of sp³-hybridized carbons (Fsp3) is 0.143. The SMILES string of the molecule is COc1ccc(COc2ccc(Cl)c(F)c2)cc1. The minimum atomic E-state index is -0.483. The molecule has 0 aromatic heterocycles. The number of rotatable bonds is 4. The number of hydrogen-bond acceptors (Lipinski definition) is 2. The van der Waals surface area contributed by atoms with Crippen LogP contribution in [0, 0.1) is 5.82 Å². The Hall–Kier alpha value is -1.74. The van der Waals surface area contributed by atoms with E-state index in [2.05, 4.69) is 0 Å². The van der Waals surface area contributed by atoms with E-state index < -0.39 is 5.82 Å². The second-order valence-corrected chi connectivity index (χ2v) is 4.12. The van der Waals surface area contributed by atoms with E-state index >= 15 is 0 Å². The summed E-state index contributed by atoms with van der Waals surface area (Å²) < 4.78 is 23.7. The minimum Gasteiger partial charge on any atom is -0.497 e. The molecule has 0 bridgehead atoms. The van der Waals surface area contributed by atoms with E-state index in [0.29, 0.717) is 12.4 Å². The molecule has 0 aliphatic carbocycles. The number of hydrogen-bond donors (Lipinski definition) is 0. The highest BCUT2D eigenvalue weighted by atomic mass is 35.5. The summed E-state index contributed by atoms with van der Waals surface area (Å²) >= 11 is 5.59. The van der Waals surface area contributed by atoms with Crippen molar-refractivity contribution in [2.75, 3.05) is 7.11 Å². The second-order valence-electron chi connectivity index (χ2n) is 3.71. The molecule has 0 spiro atoms. The molecule has 4 heteroatoms. The van der Waals surface area contributed by atoms with Crippen LogP contribution in [0.25, 0.3) is 0 Å². The average Bonchev–Trinajstić information content (AvgIpc) is 2.41. The molecule has 2 nitrogen and oxygen atoms in total. The summed E-state index contributed by atoms with van der Waals surface area (Å²) in [5.74, 6) is 0.757. The average molecular weight is 267 g/mol. The molecular weight excluding hydrogens is 255 g/mol. The van der Waals surface area contributed by atoms with E-state index in [-0.39, 0.29) is 5.02 Å². The van der Waals surface area contributed by atoms with Crippen molar-refractivity contribution in [1.82, 2.24) is 0 Å². The Morgan fingerprint density at radius 3 is 2.33 bits per heavy atom. The van der Waals surface area contributed by atoms with Gasteiger partial charge >= 0.3 is 0 Å². The fourth-order valence-corrected chi connectivity index (χ4v) is 1.57. The van der Waals surface area contributed by atoms with Gasteiger partial charge in [0.2, 0.25) is 0 Å². The molecule has 0 aliphatic heterocycles. The van der Waals surface area contributed by atoms with Crippen LogP contribution in [-0.2, 0) is 6.61 Å². The smallest absolute Gasteiger partial charge is 0.145 e. The summed E-state index contributed by atoms with van der Waals surface area (Å²) in [6.45, 7) is 0.366. The van der Waals surface area contributed by atoms with E-state index in [1.165, 1.54) is 12.1 Å². The first kappa shape index (κ1) is 12.7. The maximum absolute atomic E-state index is 13.2. The van der Waals surface area contributed by atoms with E-state index in [0.717, 1.165) is 11.3 Å². The van der Waals surface area contributed by atoms with Crippen LogP contribution in [0.1, 0.15) is 5.56 Å². The summed E-state index contributed by atoms with van der Waals surface area (Å²) in [4.78, 5) is 0. The summed E-state index contributed by atoms with van der Waals surface area (Å²) in [5, 5.41) is 0.0896. The lowest BCUT2D eigenvalue weighted by Crippen LogP contribution is -1.96. The van der Waals surface area contributed by atoms with Gasteiger partial charge in [-0.3, -0.25) is 0 Å². The maximum Gasteiger partial charge on any atom is 0.145 e. The molecule has 2 aromatic carbocycles. The molecule has 0 saturated heterocycles. The number of ether oxygens (including phenoxy) is 2. The van der Waals surface area contributed by atoms with Crippen molar-refractivity contribution in [1.29, 1.82) is 0 Å². The number of methoxy groups -OCH3 is 1. The minimum absolute atomic E-state index is 0.0896. The van der Waals surface area contributed by atoms with Gasteiger partial charge in [0.15, 0.2) is 0 Å². The summed E-state index contributed by atoms with van der Waals surface area (Å²) in [6.07, 6.45) is 0. The van der Waals surface area contributed by atoms with E-state index in [9.17, 15) is 4.39 Å². The molecule has 18 heavy (non-hydrogen) atoms. The largest absolute Gasteiger partial charge is 0.497 e. The Bertz CT molecular complexity index is 526. The van der Waals surface area contributed by atoms with Gasteiger partial charge in [0.1, 0.15) is 23.9 Å². The van der Waals surface area contributed by atoms with Crippen LogP contribution in [0.3, 0.4) is 0 Å². The first-order chi connectivity index (χ1) is 8.69. The van der Waals surface area contributed by atoms with Crippen molar-refractivity contribution < 1.29 is 13.9 Å². The third-order valence-corrected chi connectivity index (χ3v) is 2.76. The zero-order valence-electron chi connectivity index (χ0n) is 9.82. The van der Waals surface area contributed by atoms with E-state index in [1.807, 2.05) is 24.3 Å². The lowest BCUT2D eigenvalue weighted by atomic mass is 10.2. The first-order valence-electron chi connectivity index (χ1n) is 5.40.